The Labute approximate surface area is 154 Å². The highest BCUT2D eigenvalue weighted by atomic mass is 35.5. The summed E-state index contributed by atoms with van der Waals surface area (Å²) in [5.74, 6) is 1.99. The number of anilines is 1. The lowest BCUT2D eigenvalue weighted by atomic mass is 10.2. The Morgan fingerprint density at radius 3 is 2.40 bits per heavy atom. The highest BCUT2D eigenvalue weighted by Gasteiger charge is 2.09. The standard InChI is InChI=1S/C19H24N2O3.ClH/c1-3-23-15-9-11-16(12-10-15)24-18-7-5-4-6-17(18)21-19(22)13-8-14(2)20;/h4-7,9-12,14H,3,8,13,20H2,1-2H3,(H,21,22);1H. The fraction of sp³-hybridized carbons (Fsp3) is 0.316. The Kier molecular flexibility index (Phi) is 8.81. The lowest BCUT2D eigenvalue weighted by Crippen LogP contribution is -2.19. The predicted octanol–water partition coefficient (Wildman–Crippen LogP) is 4.37. The number of ether oxygens (including phenoxy) is 2. The summed E-state index contributed by atoms with van der Waals surface area (Å²) in [6.45, 7) is 4.45. The molecule has 0 heterocycles. The first-order valence-corrected chi connectivity index (χ1v) is 8.13. The van der Waals surface area contributed by atoms with Gasteiger partial charge in [0.25, 0.3) is 0 Å². The van der Waals surface area contributed by atoms with Crippen molar-refractivity contribution in [3.8, 4) is 17.2 Å². The third-order valence-corrected chi connectivity index (χ3v) is 3.35. The van der Waals surface area contributed by atoms with Gasteiger partial charge in [-0.15, -0.1) is 12.4 Å². The molecule has 0 aliphatic heterocycles. The van der Waals surface area contributed by atoms with Gasteiger partial charge in [-0.2, -0.15) is 0 Å². The highest BCUT2D eigenvalue weighted by Crippen LogP contribution is 2.30. The number of nitrogens with one attached hydrogen (secondary N) is 1. The van der Waals surface area contributed by atoms with Crippen molar-refractivity contribution >= 4 is 24.0 Å². The van der Waals surface area contributed by atoms with Gasteiger partial charge < -0.3 is 20.5 Å². The second kappa shape index (κ2) is 10.6. The van der Waals surface area contributed by atoms with Crippen LogP contribution in [-0.4, -0.2) is 18.6 Å². The zero-order valence-corrected chi connectivity index (χ0v) is 15.3. The topological polar surface area (TPSA) is 73.6 Å². The van der Waals surface area contributed by atoms with Crippen molar-refractivity contribution in [1.82, 2.24) is 0 Å². The van der Waals surface area contributed by atoms with Crippen LogP contribution in [0.1, 0.15) is 26.7 Å². The molecule has 5 nitrogen and oxygen atoms in total. The minimum absolute atomic E-state index is 0. The summed E-state index contributed by atoms with van der Waals surface area (Å²) in [6.07, 6.45) is 1.03. The molecule has 1 unspecified atom stereocenters. The van der Waals surface area contributed by atoms with Gasteiger partial charge in [-0.25, -0.2) is 0 Å². The van der Waals surface area contributed by atoms with E-state index in [9.17, 15) is 4.79 Å². The van der Waals surface area contributed by atoms with E-state index in [-0.39, 0.29) is 24.4 Å². The molecule has 136 valence electrons. The fourth-order valence-corrected chi connectivity index (χ4v) is 2.13. The van der Waals surface area contributed by atoms with Crippen LogP contribution >= 0.6 is 12.4 Å². The van der Waals surface area contributed by atoms with Crippen LogP contribution in [0.2, 0.25) is 0 Å². The molecule has 0 saturated heterocycles. The molecule has 25 heavy (non-hydrogen) atoms. The number of para-hydroxylation sites is 2. The molecular formula is C19H25ClN2O3. The molecule has 0 aromatic heterocycles. The van der Waals surface area contributed by atoms with Crippen LogP contribution in [0, 0.1) is 0 Å². The molecule has 2 rings (SSSR count). The molecule has 0 fully saturated rings. The van der Waals surface area contributed by atoms with Crippen molar-refractivity contribution in [2.24, 2.45) is 5.73 Å². The van der Waals surface area contributed by atoms with Gasteiger partial charge in [-0.3, -0.25) is 4.79 Å². The number of rotatable bonds is 8. The molecule has 2 aromatic carbocycles. The molecule has 0 saturated carbocycles. The van der Waals surface area contributed by atoms with Crippen LogP contribution in [0.3, 0.4) is 0 Å². The average Bonchev–Trinajstić information content (AvgIpc) is 2.57. The minimum atomic E-state index is -0.0740. The quantitative estimate of drug-likeness (QED) is 0.729. The second-order valence-corrected chi connectivity index (χ2v) is 5.57. The summed E-state index contributed by atoms with van der Waals surface area (Å²) >= 11 is 0. The van der Waals surface area contributed by atoms with Crippen LogP contribution in [0.4, 0.5) is 5.69 Å². The van der Waals surface area contributed by atoms with Crippen molar-refractivity contribution < 1.29 is 14.3 Å². The van der Waals surface area contributed by atoms with E-state index >= 15 is 0 Å². The molecule has 0 radical (unpaired) electrons. The second-order valence-electron chi connectivity index (χ2n) is 5.57. The number of hydrogen-bond acceptors (Lipinski definition) is 4. The number of halogens is 1. The summed E-state index contributed by atoms with van der Waals surface area (Å²) in [5.41, 5.74) is 6.32. The summed E-state index contributed by atoms with van der Waals surface area (Å²) in [7, 11) is 0. The van der Waals surface area contributed by atoms with Gasteiger partial charge in [0, 0.05) is 12.5 Å². The average molecular weight is 365 g/mol. The third-order valence-electron chi connectivity index (χ3n) is 3.35. The number of carbonyl (C=O) groups is 1. The van der Waals surface area contributed by atoms with Crippen LogP contribution in [0.25, 0.3) is 0 Å². The molecule has 0 aliphatic carbocycles. The lowest BCUT2D eigenvalue weighted by molar-refractivity contribution is -0.116. The van der Waals surface area contributed by atoms with Gasteiger partial charge in [0.15, 0.2) is 5.75 Å². The van der Waals surface area contributed by atoms with Crippen molar-refractivity contribution in [2.45, 2.75) is 32.7 Å². The zero-order valence-electron chi connectivity index (χ0n) is 14.5. The Hall–Kier alpha value is -2.24. The first-order chi connectivity index (χ1) is 11.6. The molecule has 0 bridgehead atoms. The summed E-state index contributed by atoms with van der Waals surface area (Å²) in [4.78, 5) is 12.0. The molecule has 0 aliphatic rings. The van der Waals surface area contributed by atoms with Gasteiger partial charge >= 0.3 is 0 Å². The van der Waals surface area contributed by atoms with Crippen molar-refractivity contribution in [3.05, 3.63) is 48.5 Å². The van der Waals surface area contributed by atoms with Gasteiger partial charge in [0.2, 0.25) is 5.91 Å². The first kappa shape index (κ1) is 20.8. The molecule has 1 atom stereocenters. The number of amides is 1. The van der Waals surface area contributed by atoms with Crippen LogP contribution in [0.15, 0.2) is 48.5 Å². The normalized spacial score (nSPS) is 11.2. The molecular weight excluding hydrogens is 340 g/mol. The van der Waals surface area contributed by atoms with Crippen molar-refractivity contribution in [3.63, 3.8) is 0 Å². The minimum Gasteiger partial charge on any atom is -0.494 e. The van der Waals surface area contributed by atoms with E-state index in [0.29, 0.717) is 36.6 Å². The number of benzene rings is 2. The fourth-order valence-electron chi connectivity index (χ4n) is 2.13. The number of hydrogen-bond donors (Lipinski definition) is 2. The molecule has 3 N–H and O–H groups in total. The molecule has 1 amide bonds. The Morgan fingerprint density at radius 1 is 1.12 bits per heavy atom. The van der Waals surface area contributed by atoms with Crippen molar-refractivity contribution in [1.29, 1.82) is 0 Å². The Balaban J connectivity index is 0.00000312. The van der Waals surface area contributed by atoms with Crippen molar-refractivity contribution in [2.75, 3.05) is 11.9 Å². The molecule has 6 heteroatoms. The van der Waals surface area contributed by atoms with Gasteiger partial charge in [-0.05, 0) is 56.7 Å². The predicted molar refractivity (Wildman–Crippen MR) is 103 cm³/mol. The van der Waals surface area contributed by atoms with E-state index < -0.39 is 0 Å². The van der Waals surface area contributed by atoms with E-state index in [0.717, 1.165) is 5.75 Å². The van der Waals surface area contributed by atoms with E-state index in [1.807, 2.05) is 62.4 Å². The van der Waals surface area contributed by atoms with Gasteiger partial charge in [0.1, 0.15) is 11.5 Å². The van der Waals surface area contributed by atoms with E-state index in [1.165, 1.54) is 0 Å². The van der Waals surface area contributed by atoms with Crippen LogP contribution < -0.4 is 20.5 Å². The molecule has 2 aromatic rings. The van der Waals surface area contributed by atoms with Gasteiger partial charge in [-0.1, -0.05) is 12.1 Å². The Morgan fingerprint density at radius 2 is 1.76 bits per heavy atom. The third kappa shape index (κ3) is 7.03. The maximum Gasteiger partial charge on any atom is 0.224 e. The lowest BCUT2D eigenvalue weighted by Gasteiger charge is -2.13. The summed E-state index contributed by atoms with van der Waals surface area (Å²) < 4.78 is 11.3. The van der Waals surface area contributed by atoms with Crippen LogP contribution in [0.5, 0.6) is 17.2 Å². The molecule has 0 spiro atoms. The summed E-state index contributed by atoms with van der Waals surface area (Å²) in [5, 5.41) is 2.87. The first-order valence-electron chi connectivity index (χ1n) is 8.13. The highest BCUT2D eigenvalue weighted by molar-refractivity contribution is 5.92. The smallest absolute Gasteiger partial charge is 0.224 e. The van der Waals surface area contributed by atoms with Gasteiger partial charge in [0.05, 0.1) is 12.3 Å². The Bertz CT molecular complexity index is 660. The zero-order chi connectivity index (χ0) is 17.4. The maximum atomic E-state index is 12.0. The van der Waals surface area contributed by atoms with E-state index in [1.54, 1.807) is 0 Å². The maximum absolute atomic E-state index is 12.0. The van der Waals surface area contributed by atoms with E-state index in [2.05, 4.69) is 5.32 Å². The van der Waals surface area contributed by atoms with E-state index in [4.69, 9.17) is 15.2 Å². The monoisotopic (exact) mass is 364 g/mol. The summed E-state index contributed by atoms with van der Waals surface area (Å²) in [6, 6.07) is 14.7. The number of nitrogens with two attached hydrogens (primary N) is 1. The number of carbonyl (C=O) groups excluding carboxylic acids is 1. The SMILES string of the molecule is CCOc1ccc(Oc2ccccc2NC(=O)CCC(C)N)cc1.Cl. The largest absolute Gasteiger partial charge is 0.494 e. The van der Waals surface area contributed by atoms with Crippen LogP contribution in [-0.2, 0) is 4.79 Å².